The molecule has 0 saturated heterocycles. The standard InChI is InChI=1S/C13H17ClN2O2/c14-9-3-1-4-10(7-9)16-13(17)8-18-12-6-2-5-11(12)15/h1,3-4,7,11-12H,2,5-6,8,15H2,(H,16,17). The van der Waals surface area contributed by atoms with Gasteiger partial charge in [0.15, 0.2) is 0 Å². The lowest BCUT2D eigenvalue weighted by Crippen LogP contribution is -2.33. The Hall–Kier alpha value is -1.10. The van der Waals surface area contributed by atoms with Crippen LogP contribution in [-0.2, 0) is 9.53 Å². The predicted molar refractivity (Wildman–Crippen MR) is 71.6 cm³/mol. The van der Waals surface area contributed by atoms with Crippen molar-refractivity contribution in [2.75, 3.05) is 11.9 Å². The van der Waals surface area contributed by atoms with Gasteiger partial charge in [-0.05, 0) is 37.5 Å². The summed E-state index contributed by atoms with van der Waals surface area (Å²) in [4.78, 5) is 11.7. The summed E-state index contributed by atoms with van der Waals surface area (Å²) in [6, 6.07) is 7.08. The summed E-state index contributed by atoms with van der Waals surface area (Å²) in [5, 5.41) is 3.32. The normalized spacial score (nSPS) is 23.0. The first kappa shape index (κ1) is 13.3. The average Bonchev–Trinajstić information content (AvgIpc) is 2.72. The zero-order valence-corrected chi connectivity index (χ0v) is 10.8. The van der Waals surface area contributed by atoms with E-state index in [-0.39, 0.29) is 24.7 Å². The van der Waals surface area contributed by atoms with Gasteiger partial charge in [-0.1, -0.05) is 17.7 Å². The summed E-state index contributed by atoms with van der Waals surface area (Å²) >= 11 is 5.83. The maximum atomic E-state index is 11.7. The molecule has 1 aliphatic rings. The van der Waals surface area contributed by atoms with Crippen LogP contribution in [0.15, 0.2) is 24.3 Å². The predicted octanol–water partition coefficient (Wildman–Crippen LogP) is 2.17. The molecule has 2 rings (SSSR count). The number of anilines is 1. The van der Waals surface area contributed by atoms with Gasteiger partial charge in [0.2, 0.25) is 5.91 Å². The number of nitrogens with two attached hydrogens (primary N) is 1. The molecular formula is C13H17ClN2O2. The van der Waals surface area contributed by atoms with Crippen molar-refractivity contribution in [1.29, 1.82) is 0 Å². The Morgan fingerprint density at radius 1 is 1.50 bits per heavy atom. The lowest BCUT2D eigenvalue weighted by molar-refractivity contribution is -0.122. The SMILES string of the molecule is NC1CCCC1OCC(=O)Nc1cccc(Cl)c1. The Kier molecular flexibility index (Phi) is 4.58. The second-order valence-electron chi connectivity index (χ2n) is 4.50. The number of rotatable bonds is 4. The van der Waals surface area contributed by atoms with Crippen LogP contribution < -0.4 is 11.1 Å². The third-order valence-electron chi connectivity index (χ3n) is 3.04. The molecule has 1 aromatic rings. The van der Waals surface area contributed by atoms with Gasteiger partial charge in [0.1, 0.15) is 6.61 Å². The summed E-state index contributed by atoms with van der Waals surface area (Å²) in [5.41, 5.74) is 6.54. The van der Waals surface area contributed by atoms with Crippen LogP contribution in [-0.4, -0.2) is 24.7 Å². The monoisotopic (exact) mass is 268 g/mol. The largest absolute Gasteiger partial charge is 0.367 e. The van der Waals surface area contributed by atoms with Crippen LogP contribution in [0.4, 0.5) is 5.69 Å². The van der Waals surface area contributed by atoms with E-state index in [1.54, 1.807) is 24.3 Å². The summed E-state index contributed by atoms with van der Waals surface area (Å²) in [6.07, 6.45) is 2.99. The van der Waals surface area contributed by atoms with Crippen LogP contribution in [0.25, 0.3) is 0 Å². The maximum Gasteiger partial charge on any atom is 0.250 e. The second kappa shape index (κ2) is 6.18. The summed E-state index contributed by atoms with van der Waals surface area (Å²) in [5.74, 6) is -0.184. The molecule has 0 aromatic heterocycles. The van der Waals surface area contributed by atoms with Crippen LogP contribution in [0, 0.1) is 0 Å². The molecule has 98 valence electrons. The number of carbonyl (C=O) groups excluding carboxylic acids is 1. The molecule has 1 fully saturated rings. The van der Waals surface area contributed by atoms with Crippen molar-refractivity contribution in [2.45, 2.75) is 31.4 Å². The quantitative estimate of drug-likeness (QED) is 0.880. The highest BCUT2D eigenvalue weighted by atomic mass is 35.5. The molecule has 2 unspecified atom stereocenters. The van der Waals surface area contributed by atoms with Crippen molar-refractivity contribution in [2.24, 2.45) is 5.73 Å². The van der Waals surface area contributed by atoms with Gasteiger partial charge in [-0.15, -0.1) is 0 Å². The van der Waals surface area contributed by atoms with E-state index in [0.29, 0.717) is 10.7 Å². The molecule has 1 amide bonds. The van der Waals surface area contributed by atoms with Crippen molar-refractivity contribution in [3.63, 3.8) is 0 Å². The van der Waals surface area contributed by atoms with Gasteiger partial charge in [0.05, 0.1) is 6.10 Å². The van der Waals surface area contributed by atoms with E-state index in [0.717, 1.165) is 19.3 Å². The Bertz CT molecular complexity index is 425. The van der Waals surface area contributed by atoms with Gasteiger partial charge >= 0.3 is 0 Å². The smallest absolute Gasteiger partial charge is 0.250 e. The summed E-state index contributed by atoms with van der Waals surface area (Å²) < 4.78 is 5.51. The van der Waals surface area contributed by atoms with Crippen LogP contribution in [0.2, 0.25) is 5.02 Å². The molecule has 3 N–H and O–H groups in total. The molecule has 0 radical (unpaired) electrons. The van der Waals surface area contributed by atoms with Gasteiger partial charge in [0, 0.05) is 16.8 Å². The number of benzene rings is 1. The summed E-state index contributed by atoms with van der Waals surface area (Å²) in [7, 11) is 0. The maximum absolute atomic E-state index is 11.7. The molecule has 5 heteroatoms. The third-order valence-corrected chi connectivity index (χ3v) is 3.28. The van der Waals surface area contributed by atoms with Gasteiger partial charge in [0.25, 0.3) is 0 Å². The van der Waals surface area contributed by atoms with Crippen LogP contribution >= 0.6 is 11.6 Å². The molecule has 0 aliphatic heterocycles. The van der Waals surface area contributed by atoms with Crippen LogP contribution in [0.5, 0.6) is 0 Å². The van der Waals surface area contributed by atoms with Gasteiger partial charge in [-0.2, -0.15) is 0 Å². The minimum absolute atomic E-state index is 0.00936. The molecule has 1 aromatic carbocycles. The fourth-order valence-electron chi connectivity index (χ4n) is 2.11. The summed E-state index contributed by atoms with van der Waals surface area (Å²) in [6.45, 7) is 0.0326. The Labute approximate surface area is 111 Å². The van der Waals surface area contributed by atoms with E-state index in [1.165, 1.54) is 0 Å². The van der Waals surface area contributed by atoms with Crippen molar-refractivity contribution < 1.29 is 9.53 Å². The van der Waals surface area contributed by atoms with E-state index >= 15 is 0 Å². The third kappa shape index (κ3) is 3.70. The first-order valence-corrected chi connectivity index (χ1v) is 6.45. The number of carbonyl (C=O) groups is 1. The minimum atomic E-state index is -0.184. The fraction of sp³-hybridized carbons (Fsp3) is 0.462. The van der Waals surface area contributed by atoms with Gasteiger partial charge in [-0.25, -0.2) is 0 Å². The van der Waals surface area contributed by atoms with E-state index in [4.69, 9.17) is 22.1 Å². The molecule has 0 spiro atoms. The lowest BCUT2D eigenvalue weighted by atomic mass is 10.2. The highest BCUT2D eigenvalue weighted by Gasteiger charge is 2.25. The average molecular weight is 269 g/mol. The van der Waals surface area contributed by atoms with E-state index in [1.807, 2.05) is 0 Å². The first-order chi connectivity index (χ1) is 8.65. The van der Waals surface area contributed by atoms with Gasteiger partial charge < -0.3 is 15.8 Å². The van der Waals surface area contributed by atoms with Crippen molar-refractivity contribution in [1.82, 2.24) is 0 Å². The molecule has 2 atom stereocenters. The lowest BCUT2D eigenvalue weighted by Gasteiger charge is -2.16. The fourth-order valence-corrected chi connectivity index (χ4v) is 2.30. The zero-order valence-electron chi connectivity index (χ0n) is 10.1. The number of hydrogen-bond donors (Lipinski definition) is 2. The van der Waals surface area contributed by atoms with E-state index in [2.05, 4.69) is 5.32 Å². The topological polar surface area (TPSA) is 64.3 Å². The van der Waals surface area contributed by atoms with Crippen molar-refractivity contribution in [3.8, 4) is 0 Å². The molecule has 0 bridgehead atoms. The van der Waals surface area contributed by atoms with Crippen LogP contribution in [0.3, 0.4) is 0 Å². The minimum Gasteiger partial charge on any atom is -0.367 e. The van der Waals surface area contributed by atoms with E-state index < -0.39 is 0 Å². The van der Waals surface area contributed by atoms with E-state index in [9.17, 15) is 4.79 Å². The number of amides is 1. The molecular weight excluding hydrogens is 252 g/mol. The van der Waals surface area contributed by atoms with Crippen molar-refractivity contribution >= 4 is 23.2 Å². The zero-order chi connectivity index (χ0) is 13.0. The second-order valence-corrected chi connectivity index (χ2v) is 4.94. The Morgan fingerprint density at radius 3 is 3.00 bits per heavy atom. The molecule has 1 aliphatic carbocycles. The number of nitrogens with one attached hydrogen (secondary N) is 1. The Balaban J connectivity index is 1.78. The van der Waals surface area contributed by atoms with Crippen LogP contribution in [0.1, 0.15) is 19.3 Å². The van der Waals surface area contributed by atoms with Gasteiger partial charge in [-0.3, -0.25) is 4.79 Å². The first-order valence-electron chi connectivity index (χ1n) is 6.08. The highest BCUT2D eigenvalue weighted by Crippen LogP contribution is 2.20. The highest BCUT2D eigenvalue weighted by molar-refractivity contribution is 6.30. The molecule has 18 heavy (non-hydrogen) atoms. The molecule has 4 nitrogen and oxygen atoms in total. The number of ether oxygens (including phenoxy) is 1. The van der Waals surface area contributed by atoms with Crippen molar-refractivity contribution in [3.05, 3.63) is 29.3 Å². The number of hydrogen-bond acceptors (Lipinski definition) is 3. The number of halogens is 1. The molecule has 1 saturated carbocycles. The molecule has 0 heterocycles. The Morgan fingerprint density at radius 2 is 2.33 bits per heavy atom.